The summed E-state index contributed by atoms with van der Waals surface area (Å²) in [6, 6.07) is 54.2. The summed E-state index contributed by atoms with van der Waals surface area (Å²) >= 11 is 0. The number of pyridine rings is 2. The maximum Gasteiger partial charge on any atom is 2.00 e. The molecule has 0 aliphatic carbocycles. The van der Waals surface area contributed by atoms with Crippen LogP contribution in [0, 0.1) is 12.1 Å². The molecule has 0 unspecified atom stereocenters. The first-order valence-corrected chi connectivity index (χ1v) is 14.5. The van der Waals surface area contributed by atoms with E-state index in [4.69, 9.17) is 9.72 Å². The van der Waals surface area contributed by atoms with Crippen LogP contribution in [0.4, 0.5) is 0 Å². The normalized spacial score (nSPS) is 10.9. The van der Waals surface area contributed by atoms with Crippen molar-refractivity contribution in [3.05, 3.63) is 164 Å². The minimum Gasteiger partial charge on any atom is -0.503 e. The largest absolute Gasteiger partial charge is 2.00 e. The monoisotopic (exact) mass is 758 g/mol. The fourth-order valence-electron chi connectivity index (χ4n) is 5.69. The molecule has 0 aliphatic heterocycles. The van der Waals surface area contributed by atoms with Crippen molar-refractivity contribution in [2.45, 2.75) is 0 Å². The molecule has 0 saturated carbocycles. The predicted octanol–water partition coefficient (Wildman–Crippen LogP) is 9.96. The van der Waals surface area contributed by atoms with Crippen LogP contribution in [0.15, 0.2) is 152 Å². The summed E-state index contributed by atoms with van der Waals surface area (Å²) in [5.74, 6) is 2.01. The average molecular weight is 759 g/mol. The van der Waals surface area contributed by atoms with Crippen LogP contribution in [0.1, 0.15) is 0 Å². The molecular formula is C40H25N3OPt. The number of benzene rings is 5. The molecule has 5 heteroatoms. The van der Waals surface area contributed by atoms with Crippen molar-refractivity contribution in [1.82, 2.24) is 14.5 Å². The number of hydrogen-bond acceptors (Lipinski definition) is 3. The third-order valence-electron chi connectivity index (χ3n) is 7.77. The van der Waals surface area contributed by atoms with E-state index in [-0.39, 0.29) is 21.1 Å². The molecule has 0 amide bonds. The molecule has 5 aromatic carbocycles. The average Bonchev–Trinajstić information content (AvgIpc) is 3.43. The van der Waals surface area contributed by atoms with Crippen LogP contribution in [0.2, 0.25) is 0 Å². The summed E-state index contributed by atoms with van der Waals surface area (Å²) in [7, 11) is 0. The first kappa shape index (κ1) is 28.5. The summed E-state index contributed by atoms with van der Waals surface area (Å²) in [5, 5.41) is 2.22. The summed E-state index contributed by atoms with van der Waals surface area (Å²) in [6.07, 6.45) is 3.69. The van der Waals surface area contributed by atoms with E-state index >= 15 is 0 Å². The molecule has 0 spiro atoms. The van der Waals surface area contributed by atoms with Gasteiger partial charge in [0.05, 0.1) is 0 Å². The Balaban J connectivity index is 0.00000325. The Morgan fingerprint density at radius 3 is 1.96 bits per heavy atom. The number of fused-ring (bicyclic) bond motifs is 3. The van der Waals surface area contributed by atoms with E-state index in [9.17, 15) is 0 Å². The second kappa shape index (κ2) is 12.4. The van der Waals surface area contributed by atoms with E-state index in [1.54, 1.807) is 0 Å². The number of nitrogens with zero attached hydrogens (tertiary/aromatic N) is 3. The minimum atomic E-state index is 0. The molecular weight excluding hydrogens is 734 g/mol. The van der Waals surface area contributed by atoms with Crippen molar-refractivity contribution >= 4 is 21.8 Å². The Labute approximate surface area is 275 Å². The zero-order valence-electron chi connectivity index (χ0n) is 24.0. The molecule has 0 fully saturated rings. The van der Waals surface area contributed by atoms with Gasteiger partial charge >= 0.3 is 21.1 Å². The fourth-order valence-corrected chi connectivity index (χ4v) is 5.69. The van der Waals surface area contributed by atoms with Gasteiger partial charge in [-0.25, -0.2) is 4.98 Å². The molecule has 0 saturated heterocycles. The third-order valence-corrected chi connectivity index (χ3v) is 7.77. The molecule has 0 atom stereocenters. The van der Waals surface area contributed by atoms with Gasteiger partial charge in [0.15, 0.2) is 0 Å². The smallest absolute Gasteiger partial charge is 0.503 e. The van der Waals surface area contributed by atoms with Crippen LogP contribution in [0.25, 0.3) is 61.1 Å². The molecule has 8 aromatic rings. The van der Waals surface area contributed by atoms with E-state index in [1.807, 2.05) is 73.1 Å². The van der Waals surface area contributed by atoms with E-state index < -0.39 is 0 Å². The van der Waals surface area contributed by atoms with Gasteiger partial charge in [0.2, 0.25) is 0 Å². The van der Waals surface area contributed by atoms with Gasteiger partial charge in [-0.3, -0.25) is 0 Å². The first-order chi connectivity index (χ1) is 21.8. The molecule has 4 nitrogen and oxygen atoms in total. The van der Waals surface area contributed by atoms with Crippen LogP contribution in [0.3, 0.4) is 0 Å². The molecule has 45 heavy (non-hydrogen) atoms. The second-order valence-electron chi connectivity index (χ2n) is 10.5. The fraction of sp³-hybridized carbons (Fsp3) is 0. The maximum atomic E-state index is 6.37. The minimum absolute atomic E-state index is 0. The van der Waals surface area contributed by atoms with Crippen LogP contribution < -0.4 is 4.74 Å². The summed E-state index contributed by atoms with van der Waals surface area (Å²) in [4.78, 5) is 9.40. The summed E-state index contributed by atoms with van der Waals surface area (Å²) < 4.78 is 8.53. The van der Waals surface area contributed by atoms with E-state index in [0.29, 0.717) is 11.5 Å². The van der Waals surface area contributed by atoms with Crippen LogP contribution in [-0.4, -0.2) is 14.5 Å². The second-order valence-corrected chi connectivity index (χ2v) is 10.5. The van der Waals surface area contributed by atoms with Crippen molar-refractivity contribution in [1.29, 1.82) is 0 Å². The van der Waals surface area contributed by atoms with Gasteiger partial charge in [-0.1, -0.05) is 96.5 Å². The standard InChI is InChI=1S/C40H25N3O.Pt/c1-3-10-28(11-4-1)30-20-22-41-37(25-30)32-14-9-15-33(24-32)44-34-18-19-36-35-16-7-8-17-38(35)43(39(36)27-34)40-26-31(21-23-42-40)29-12-5-2-6-13-29;/h1-23,25-26H;/q-2;+2. The summed E-state index contributed by atoms with van der Waals surface area (Å²) in [5.41, 5.74) is 8.14. The summed E-state index contributed by atoms with van der Waals surface area (Å²) in [6.45, 7) is 0. The van der Waals surface area contributed by atoms with Gasteiger partial charge in [0, 0.05) is 29.4 Å². The van der Waals surface area contributed by atoms with Crippen molar-refractivity contribution in [2.75, 3.05) is 0 Å². The van der Waals surface area contributed by atoms with Crippen molar-refractivity contribution in [2.24, 2.45) is 0 Å². The van der Waals surface area contributed by atoms with Crippen LogP contribution in [-0.2, 0) is 21.1 Å². The molecule has 216 valence electrons. The van der Waals surface area contributed by atoms with Crippen LogP contribution >= 0.6 is 0 Å². The predicted molar refractivity (Wildman–Crippen MR) is 177 cm³/mol. The molecule has 0 bridgehead atoms. The van der Waals surface area contributed by atoms with Crippen molar-refractivity contribution in [3.63, 3.8) is 0 Å². The SMILES string of the molecule is [Pt+2].[c-]1c(Oc2[c-]c3c(cc2)c2ccccc2n3-c2cc(-c3ccccc3)ccn2)cccc1-c1cc(-c2ccccc2)ccn1. The molecule has 0 aliphatic rings. The molecule has 8 rings (SSSR count). The number of hydrogen-bond donors (Lipinski definition) is 0. The number of para-hydroxylation sites is 1. The van der Waals surface area contributed by atoms with Crippen molar-refractivity contribution in [3.8, 4) is 50.8 Å². The number of rotatable bonds is 6. The Kier molecular flexibility index (Phi) is 7.81. The van der Waals surface area contributed by atoms with Gasteiger partial charge in [0.25, 0.3) is 0 Å². The van der Waals surface area contributed by atoms with E-state index in [1.165, 1.54) is 0 Å². The Morgan fingerprint density at radius 1 is 0.511 bits per heavy atom. The van der Waals surface area contributed by atoms with Crippen molar-refractivity contribution < 1.29 is 25.8 Å². The Morgan fingerprint density at radius 2 is 1.18 bits per heavy atom. The van der Waals surface area contributed by atoms with E-state index in [2.05, 4.69) is 101 Å². The van der Waals surface area contributed by atoms with Gasteiger partial charge in [-0.2, -0.15) is 6.07 Å². The molecule has 0 radical (unpaired) electrons. The molecule has 3 heterocycles. The number of aromatic nitrogens is 3. The molecule has 3 aromatic heterocycles. The van der Waals surface area contributed by atoms with E-state index in [0.717, 1.165) is 61.1 Å². The van der Waals surface area contributed by atoms with Gasteiger partial charge in [-0.05, 0) is 57.6 Å². The molecule has 0 N–H and O–H groups in total. The zero-order chi connectivity index (χ0) is 29.3. The Bertz CT molecular complexity index is 2260. The number of ether oxygens (including phenoxy) is 1. The third kappa shape index (κ3) is 5.57. The van der Waals surface area contributed by atoms with Gasteiger partial charge in [0.1, 0.15) is 5.82 Å². The topological polar surface area (TPSA) is 39.9 Å². The van der Waals surface area contributed by atoms with Gasteiger partial charge < -0.3 is 14.3 Å². The Hall–Kier alpha value is -5.31. The maximum absolute atomic E-state index is 6.37. The van der Waals surface area contributed by atoms with Crippen LogP contribution in [0.5, 0.6) is 11.5 Å². The first-order valence-electron chi connectivity index (χ1n) is 14.5. The van der Waals surface area contributed by atoms with Gasteiger partial charge in [-0.15, -0.1) is 41.3 Å². The quantitative estimate of drug-likeness (QED) is 0.159. The zero-order valence-corrected chi connectivity index (χ0v) is 26.3.